The number of hydrogen-bond acceptors (Lipinski definition) is 4. The molecule has 0 spiro atoms. The summed E-state index contributed by atoms with van der Waals surface area (Å²) in [7, 11) is 1.63. The maximum absolute atomic E-state index is 10.4. The summed E-state index contributed by atoms with van der Waals surface area (Å²) >= 11 is 0. The van der Waals surface area contributed by atoms with Crippen LogP contribution in [0.4, 0.5) is 0 Å². The Morgan fingerprint density at radius 2 is 2.28 bits per heavy atom. The quantitative estimate of drug-likeness (QED) is 0.418. The normalized spacial score (nSPS) is 9.83. The Kier molecular flexibility index (Phi) is 5.73. The fourth-order valence-corrected chi connectivity index (χ4v) is 1.36. The van der Waals surface area contributed by atoms with Crippen molar-refractivity contribution in [2.45, 2.75) is 12.8 Å². The Morgan fingerprint density at radius 1 is 1.50 bits per heavy atom. The molecule has 1 aromatic rings. The molecule has 0 aliphatic rings. The van der Waals surface area contributed by atoms with Crippen molar-refractivity contribution >= 4 is 5.97 Å². The Bertz CT molecular complexity index is 417. The molecule has 5 nitrogen and oxygen atoms in total. The summed E-state index contributed by atoms with van der Waals surface area (Å²) in [5, 5.41) is 8.52. The van der Waals surface area contributed by atoms with E-state index in [0.29, 0.717) is 6.61 Å². The van der Waals surface area contributed by atoms with Gasteiger partial charge >= 0.3 is 5.97 Å². The molecule has 0 atom stereocenters. The van der Waals surface area contributed by atoms with Crippen molar-refractivity contribution in [3.05, 3.63) is 42.1 Å². The molecule has 1 aromatic carbocycles. The molecule has 0 aliphatic carbocycles. The van der Waals surface area contributed by atoms with Crippen molar-refractivity contribution in [3.8, 4) is 5.75 Å². The second kappa shape index (κ2) is 7.34. The Labute approximate surface area is 106 Å². The number of aryl methyl sites for hydroxylation is 1. The molecule has 0 fully saturated rings. The topological polar surface area (TPSA) is 67.8 Å². The van der Waals surface area contributed by atoms with E-state index in [1.165, 1.54) is 0 Å². The SMILES string of the molecule is C=C(NOCCCc1cccc(OC)c1)C(=O)O. The van der Waals surface area contributed by atoms with Crippen LogP contribution in [0.2, 0.25) is 0 Å². The molecule has 0 amide bonds. The molecule has 0 aromatic heterocycles. The highest BCUT2D eigenvalue weighted by Gasteiger charge is 2.02. The van der Waals surface area contributed by atoms with Crippen LogP contribution in [0.15, 0.2) is 36.5 Å². The number of methoxy groups -OCH3 is 1. The third-order valence-corrected chi connectivity index (χ3v) is 2.30. The lowest BCUT2D eigenvalue weighted by Crippen LogP contribution is -2.20. The minimum Gasteiger partial charge on any atom is -0.497 e. The average molecular weight is 251 g/mol. The van der Waals surface area contributed by atoms with Crippen molar-refractivity contribution in [3.63, 3.8) is 0 Å². The largest absolute Gasteiger partial charge is 0.497 e. The number of aliphatic carboxylic acids is 1. The van der Waals surface area contributed by atoms with Gasteiger partial charge in [-0.2, -0.15) is 0 Å². The van der Waals surface area contributed by atoms with Crippen LogP contribution in [0.3, 0.4) is 0 Å². The number of rotatable bonds is 8. The fourth-order valence-electron chi connectivity index (χ4n) is 1.36. The molecule has 18 heavy (non-hydrogen) atoms. The lowest BCUT2D eigenvalue weighted by molar-refractivity contribution is -0.134. The summed E-state index contributed by atoms with van der Waals surface area (Å²) in [5.74, 6) is -0.298. The van der Waals surface area contributed by atoms with Gasteiger partial charge in [0, 0.05) is 0 Å². The predicted octanol–water partition coefficient (Wildman–Crippen LogP) is 1.75. The highest BCUT2D eigenvalue weighted by molar-refractivity contribution is 5.84. The molecule has 0 saturated carbocycles. The van der Waals surface area contributed by atoms with E-state index in [0.717, 1.165) is 24.2 Å². The van der Waals surface area contributed by atoms with Crippen molar-refractivity contribution in [1.82, 2.24) is 5.48 Å². The van der Waals surface area contributed by atoms with Gasteiger partial charge in [-0.15, -0.1) is 0 Å². The molecule has 1 rings (SSSR count). The molecule has 0 heterocycles. The Hall–Kier alpha value is -2.01. The van der Waals surface area contributed by atoms with Gasteiger partial charge in [-0.05, 0) is 30.5 Å². The summed E-state index contributed by atoms with van der Waals surface area (Å²) in [5.41, 5.74) is 3.25. The second-order valence-corrected chi connectivity index (χ2v) is 3.69. The molecule has 5 heteroatoms. The minimum atomic E-state index is -1.12. The van der Waals surface area contributed by atoms with Gasteiger partial charge in [0.15, 0.2) is 0 Å². The first kappa shape index (κ1) is 14.1. The zero-order valence-electron chi connectivity index (χ0n) is 10.3. The first-order valence-electron chi connectivity index (χ1n) is 5.56. The monoisotopic (exact) mass is 251 g/mol. The molecule has 0 bridgehead atoms. The smallest absolute Gasteiger partial charge is 0.353 e. The van der Waals surface area contributed by atoms with Gasteiger partial charge in [0.2, 0.25) is 0 Å². The van der Waals surface area contributed by atoms with Crippen LogP contribution >= 0.6 is 0 Å². The van der Waals surface area contributed by atoms with Gasteiger partial charge in [-0.1, -0.05) is 18.7 Å². The molecule has 0 saturated heterocycles. The Balaban J connectivity index is 2.21. The highest BCUT2D eigenvalue weighted by Crippen LogP contribution is 2.13. The standard InChI is InChI=1S/C13H17NO4/c1-10(13(15)16)14-18-8-4-6-11-5-3-7-12(9-11)17-2/h3,5,7,9,14H,1,4,6,8H2,2H3,(H,15,16). The number of benzene rings is 1. The van der Waals surface area contributed by atoms with Crippen LogP contribution in [-0.2, 0) is 16.1 Å². The first-order chi connectivity index (χ1) is 8.63. The van der Waals surface area contributed by atoms with Crippen molar-refractivity contribution in [2.24, 2.45) is 0 Å². The zero-order chi connectivity index (χ0) is 13.4. The number of carboxylic acid groups (broad SMARTS) is 1. The van der Waals surface area contributed by atoms with E-state index in [1.807, 2.05) is 24.3 Å². The molecular formula is C13H17NO4. The van der Waals surface area contributed by atoms with E-state index in [2.05, 4.69) is 12.1 Å². The van der Waals surface area contributed by atoms with Crippen LogP contribution in [0.1, 0.15) is 12.0 Å². The summed E-state index contributed by atoms with van der Waals surface area (Å²) in [4.78, 5) is 15.4. The zero-order valence-corrected chi connectivity index (χ0v) is 10.3. The van der Waals surface area contributed by atoms with E-state index in [1.54, 1.807) is 7.11 Å². The lowest BCUT2D eigenvalue weighted by Gasteiger charge is -2.07. The maximum Gasteiger partial charge on any atom is 0.353 e. The van der Waals surface area contributed by atoms with Crippen LogP contribution < -0.4 is 10.2 Å². The van der Waals surface area contributed by atoms with E-state index in [-0.39, 0.29) is 5.70 Å². The number of carbonyl (C=O) groups is 1. The van der Waals surface area contributed by atoms with Crippen molar-refractivity contribution in [2.75, 3.05) is 13.7 Å². The van der Waals surface area contributed by atoms with Gasteiger partial charge < -0.3 is 9.84 Å². The molecule has 0 aliphatic heterocycles. The number of ether oxygens (including phenoxy) is 1. The van der Waals surface area contributed by atoms with Crippen LogP contribution in [-0.4, -0.2) is 24.8 Å². The summed E-state index contributed by atoms with van der Waals surface area (Å²) in [6, 6.07) is 7.79. The summed E-state index contributed by atoms with van der Waals surface area (Å²) in [6.07, 6.45) is 1.60. The second-order valence-electron chi connectivity index (χ2n) is 3.69. The predicted molar refractivity (Wildman–Crippen MR) is 67.2 cm³/mol. The third kappa shape index (κ3) is 4.88. The lowest BCUT2D eigenvalue weighted by atomic mass is 10.1. The highest BCUT2D eigenvalue weighted by atomic mass is 16.6. The van der Waals surface area contributed by atoms with Gasteiger partial charge in [0.05, 0.1) is 13.7 Å². The number of hydroxylamine groups is 1. The van der Waals surface area contributed by atoms with Crippen LogP contribution in [0.25, 0.3) is 0 Å². The first-order valence-corrected chi connectivity index (χ1v) is 5.56. The van der Waals surface area contributed by atoms with E-state index >= 15 is 0 Å². The molecular weight excluding hydrogens is 234 g/mol. The van der Waals surface area contributed by atoms with E-state index in [4.69, 9.17) is 14.7 Å². The minimum absolute atomic E-state index is 0.170. The summed E-state index contributed by atoms with van der Waals surface area (Å²) in [6.45, 7) is 3.69. The van der Waals surface area contributed by atoms with Crippen LogP contribution in [0, 0.1) is 0 Å². The maximum atomic E-state index is 10.4. The number of nitrogens with one attached hydrogen (secondary N) is 1. The summed E-state index contributed by atoms with van der Waals surface area (Å²) < 4.78 is 5.12. The molecule has 98 valence electrons. The number of hydrogen-bond donors (Lipinski definition) is 2. The van der Waals surface area contributed by atoms with E-state index in [9.17, 15) is 4.79 Å². The molecule has 0 unspecified atom stereocenters. The van der Waals surface area contributed by atoms with Gasteiger partial charge in [-0.3, -0.25) is 10.3 Å². The van der Waals surface area contributed by atoms with E-state index < -0.39 is 5.97 Å². The van der Waals surface area contributed by atoms with Gasteiger partial charge in [-0.25, -0.2) is 4.79 Å². The van der Waals surface area contributed by atoms with Crippen molar-refractivity contribution < 1.29 is 19.5 Å². The number of carboxylic acids is 1. The van der Waals surface area contributed by atoms with Gasteiger partial charge in [0.25, 0.3) is 0 Å². The fraction of sp³-hybridized carbons (Fsp3) is 0.308. The van der Waals surface area contributed by atoms with Crippen LogP contribution in [0.5, 0.6) is 5.75 Å². The molecule has 2 N–H and O–H groups in total. The molecule has 0 radical (unpaired) electrons. The average Bonchev–Trinajstić information content (AvgIpc) is 2.38. The van der Waals surface area contributed by atoms with Gasteiger partial charge in [0.1, 0.15) is 11.4 Å². The Morgan fingerprint density at radius 3 is 2.94 bits per heavy atom. The van der Waals surface area contributed by atoms with Crippen molar-refractivity contribution in [1.29, 1.82) is 0 Å². The third-order valence-electron chi connectivity index (χ3n) is 2.30.